The molecule has 0 saturated carbocycles. The van der Waals surface area contributed by atoms with Crippen molar-refractivity contribution < 1.29 is 13.5 Å². The van der Waals surface area contributed by atoms with Gasteiger partial charge < -0.3 is 9.84 Å². The van der Waals surface area contributed by atoms with Gasteiger partial charge in [-0.1, -0.05) is 23.4 Å². The third kappa shape index (κ3) is 4.26. The summed E-state index contributed by atoms with van der Waals surface area (Å²) in [6.45, 7) is 5.63. The predicted molar refractivity (Wildman–Crippen MR) is 82.5 cm³/mol. The summed E-state index contributed by atoms with van der Waals surface area (Å²) in [4.78, 5) is 12.0. The van der Waals surface area contributed by atoms with Crippen LogP contribution in [-0.4, -0.2) is 21.0 Å². The molecule has 1 aromatic heterocycles. The molecule has 0 bridgehead atoms. The van der Waals surface area contributed by atoms with E-state index >= 15 is 0 Å². The first kappa shape index (κ1) is 15.4. The Morgan fingerprint density at radius 3 is 2.52 bits per heavy atom. The lowest BCUT2D eigenvalue weighted by Gasteiger charge is -2.11. The van der Waals surface area contributed by atoms with Crippen molar-refractivity contribution in [2.24, 2.45) is 0 Å². The predicted octanol–water partition coefficient (Wildman–Crippen LogP) is 2.49. The minimum absolute atomic E-state index is 0.0559. The normalized spacial score (nSPS) is 12.1. The van der Waals surface area contributed by atoms with Gasteiger partial charge in [0.05, 0.1) is 11.4 Å². The minimum atomic E-state index is -1.31. The van der Waals surface area contributed by atoms with Crippen LogP contribution >= 0.6 is 0 Å². The van der Waals surface area contributed by atoms with Gasteiger partial charge in [0, 0.05) is 22.6 Å². The van der Waals surface area contributed by atoms with Crippen LogP contribution in [0.15, 0.2) is 28.8 Å². The standard InChI is InChI=1S/C15H18N2O3S/c1-10-5-4-6-11(2)15(10)16-14(18)9-21(19)8-13-7-12(3)20-17-13/h4-7H,8-9H2,1-3H3,(H,16,18)/t21-/m1/s1. The lowest BCUT2D eigenvalue weighted by atomic mass is 10.1. The second-order valence-corrected chi connectivity index (χ2v) is 6.43. The van der Waals surface area contributed by atoms with Crippen LogP contribution < -0.4 is 5.32 Å². The van der Waals surface area contributed by atoms with Gasteiger partial charge in [-0.2, -0.15) is 0 Å². The molecule has 1 aromatic carbocycles. The van der Waals surface area contributed by atoms with Crippen molar-refractivity contribution >= 4 is 22.4 Å². The fourth-order valence-corrected chi connectivity index (χ4v) is 2.97. The molecule has 2 rings (SSSR count). The molecule has 6 heteroatoms. The highest BCUT2D eigenvalue weighted by Gasteiger charge is 2.13. The summed E-state index contributed by atoms with van der Waals surface area (Å²) >= 11 is 0. The van der Waals surface area contributed by atoms with E-state index in [-0.39, 0.29) is 17.4 Å². The van der Waals surface area contributed by atoms with Crippen molar-refractivity contribution in [2.75, 3.05) is 11.1 Å². The molecule has 1 N–H and O–H groups in total. The van der Waals surface area contributed by atoms with Crippen LogP contribution in [0.2, 0.25) is 0 Å². The highest BCUT2D eigenvalue weighted by molar-refractivity contribution is 7.84. The van der Waals surface area contributed by atoms with Crippen molar-refractivity contribution in [3.63, 3.8) is 0 Å². The number of para-hydroxylation sites is 1. The average molecular weight is 306 g/mol. The lowest BCUT2D eigenvalue weighted by molar-refractivity contribution is -0.113. The largest absolute Gasteiger partial charge is 0.361 e. The number of nitrogens with one attached hydrogen (secondary N) is 1. The number of rotatable bonds is 5. The van der Waals surface area contributed by atoms with Crippen molar-refractivity contribution in [1.29, 1.82) is 0 Å². The van der Waals surface area contributed by atoms with E-state index in [9.17, 15) is 9.00 Å². The Balaban J connectivity index is 1.94. The van der Waals surface area contributed by atoms with Gasteiger partial charge in [0.1, 0.15) is 11.5 Å². The van der Waals surface area contributed by atoms with Gasteiger partial charge in [-0.15, -0.1) is 0 Å². The highest BCUT2D eigenvalue weighted by Crippen LogP contribution is 2.19. The fourth-order valence-electron chi connectivity index (χ4n) is 2.04. The molecule has 0 fully saturated rings. The Morgan fingerprint density at radius 2 is 1.95 bits per heavy atom. The molecular weight excluding hydrogens is 288 g/mol. The first-order valence-corrected chi connectivity index (χ1v) is 8.07. The molecular formula is C15H18N2O3S. The van der Waals surface area contributed by atoms with Crippen LogP contribution in [0.25, 0.3) is 0 Å². The molecule has 0 aliphatic rings. The van der Waals surface area contributed by atoms with Crippen molar-refractivity contribution in [1.82, 2.24) is 5.16 Å². The Labute approximate surface area is 126 Å². The van der Waals surface area contributed by atoms with E-state index in [1.165, 1.54) is 0 Å². The Morgan fingerprint density at radius 1 is 1.29 bits per heavy atom. The van der Waals surface area contributed by atoms with Gasteiger partial charge in [0.15, 0.2) is 0 Å². The highest BCUT2D eigenvalue weighted by atomic mass is 32.2. The molecule has 1 atom stereocenters. The molecule has 1 amide bonds. The van der Waals surface area contributed by atoms with E-state index in [2.05, 4.69) is 10.5 Å². The molecule has 5 nitrogen and oxygen atoms in total. The molecule has 0 unspecified atom stereocenters. The molecule has 0 aliphatic heterocycles. The summed E-state index contributed by atoms with van der Waals surface area (Å²) in [6, 6.07) is 7.52. The average Bonchev–Trinajstić information content (AvgIpc) is 2.79. The van der Waals surface area contributed by atoms with Crippen molar-refractivity contribution in [3.05, 3.63) is 46.8 Å². The number of aromatic nitrogens is 1. The number of benzene rings is 1. The number of aryl methyl sites for hydroxylation is 3. The van der Waals surface area contributed by atoms with Crippen molar-refractivity contribution in [3.8, 4) is 0 Å². The first-order chi connectivity index (χ1) is 9.95. The fraction of sp³-hybridized carbons (Fsp3) is 0.333. The van der Waals surface area contributed by atoms with E-state index in [4.69, 9.17) is 4.52 Å². The van der Waals surface area contributed by atoms with Gasteiger partial charge >= 0.3 is 0 Å². The van der Waals surface area contributed by atoms with E-state index in [1.54, 1.807) is 13.0 Å². The van der Waals surface area contributed by atoms with Gasteiger partial charge in [-0.3, -0.25) is 9.00 Å². The second-order valence-electron chi connectivity index (χ2n) is 4.97. The Bertz CT molecular complexity index is 659. The van der Waals surface area contributed by atoms with Crippen LogP contribution in [0.5, 0.6) is 0 Å². The zero-order chi connectivity index (χ0) is 15.4. The maximum absolute atomic E-state index is 12.0. The summed E-state index contributed by atoms with van der Waals surface area (Å²) in [6.07, 6.45) is 0. The quantitative estimate of drug-likeness (QED) is 0.921. The lowest BCUT2D eigenvalue weighted by Crippen LogP contribution is -2.21. The minimum Gasteiger partial charge on any atom is -0.361 e. The topological polar surface area (TPSA) is 72.2 Å². The van der Waals surface area contributed by atoms with E-state index in [0.717, 1.165) is 16.8 Å². The number of hydrogen-bond acceptors (Lipinski definition) is 4. The summed E-state index contributed by atoms with van der Waals surface area (Å²) in [5.41, 5.74) is 3.37. The number of nitrogens with zero attached hydrogens (tertiary/aromatic N) is 1. The zero-order valence-electron chi connectivity index (χ0n) is 12.3. The zero-order valence-corrected chi connectivity index (χ0v) is 13.1. The number of amides is 1. The van der Waals surface area contributed by atoms with E-state index in [0.29, 0.717) is 11.5 Å². The second kappa shape index (κ2) is 6.67. The molecule has 0 saturated heterocycles. The maximum atomic E-state index is 12.0. The van der Waals surface area contributed by atoms with E-state index < -0.39 is 10.8 Å². The third-order valence-corrected chi connectivity index (χ3v) is 4.23. The van der Waals surface area contributed by atoms with Crippen LogP contribution in [0.1, 0.15) is 22.6 Å². The Kier molecular flexibility index (Phi) is 4.90. The summed E-state index contributed by atoms with van der Waals surface area (Å²) < 4.78 is 16.9. The SMILES string of the molecule is Cc1cc(C[S@@](=O)CC(=O)Nc2c(C)cccc2C)no1. The molecule has 1 heterocycles. The van der Waals surface area contributed by atoms with Gasteiger partial charge in [-0.25, -0.2) is 0 Å². The van der Waals surface area contributed by atoms with Crippen LogP contribution in [0.3, 0.4) is 0 Å². The van der Waals surface area contributed by atoms with Crippen LogP contribution in [0, 0.1) is 20.8 Å². The molecule has 0 radical (unpaired) electrons. The van der Waals surface area contributed by atoms with Crippen LogP contribution in [0.4, 0.5) is 5.69 Å². The monoisotopic (exact) mass is 306 g/mol. The van der Waals surface area contributed by atoms with Gasteiger partial charge in [0.2, 0.25) is 5.91 Å². The molecule has 2 aromatic rings. The Hall–Kier alpha value is -1.95. The van der Waals surface area contributed by atoms with Crippen molar-refractivity contribution in [2.45, 2.75) is 26.5 Å². The molecule has 0 spiro atoms. The number of hydrogen-bond donors (Lipinski definition) is 1. The molecule has 112 valence electrons. The molecule has 21 heavy (non-hydrogen) atoms. The smallest absolute Gasteiger partial charge is 0.237 e. The number of carbonyl (C=O) groups excluding carboxylic acids is 1. The number of anilines is 1. The van der Waals surface area contributed by atoms with E-state index in [1.807, 2.05) is 32.0 Å². The summed E-state index contributed by atoms with van der Waals surface area (Å²) in [7, 11) is -1.31. The number of carbonyl (C=O) groups is 1. The summed E-state index contributed by atoms with van der Waals surface area (Å²) in [5, 5.41) is 6.60. The maximum Gasteiger partial charge on any atom is 0.237 e. The van der Waals surface area contributed by atoms with Crippen LogP contribution in [-0.2, 0) is 21.3 Å². The third-order valence-electron chi connectivity index (χ3n) is 3.02. The first-order valence-electron chi connectivity index (χ1n) is 6.59. The van der Waals surface area contributed by atoms with Gasteiger partial charge in [0.25, 0.3) is 0 Å². The summed E-state index contributed by atoms with van der Waals surface area (Å²) in [5.74, 6) is 0.574. The van der Waals surface area contributed by atoms with Gasteiger partial charge in [-0.05, 0) is 31.9 Å². The molecule has 0 aliphatic carbocycles.